The highest BCUT2D eigenvalue weighted by Gasteiger charge is 2.45. The number of halogens is 2. The van der Waals surface area contributed by atoms with Gasteiger partial charge in [0.2, 0.25) is 0 Å². The van der Waals surface area contributed by atoms with Crippen molar-refractivity contribution in [3.63, 3.8) is 0 Å². The van der Waals surface area contributed by atoms with Gasteiger partial charge in [0.25, 0.3) is 5.91 Å². The lowest BCUT2D eigenvalue weighted by Crippen LogP contribution is -2.35. The van der Waals surface area contributed by atoms with Crippen molar-refractivity contribution in [1.29, 1.82) is 0 Å². The van der Waals surface area contributed by atoms with Gasteiger partial charge >= 0.3 is 0 Å². The van der Waals surface area contributed by atoms with Crippen LogP contribution < -0.4 is 10.1 Å². The molecule has 71 heavy (non-hydrogen) atoms. The highest BCUT2D eigenvalue weighted by molar-refractivity contribution is 6.09. The SMILES string of the molecule is CCCCCC1CCC(c2ccc(-c3ccc(C(=O)Nc4ccc(-c5ccc6c(c5)-c5c(c7c(c8cc(F)cc(F)c58)OC(c5ccc(O)cc5)(c5ccc(O)cc5)C=C7)C6(C)C)cc4)cc3)cc2)CC1. The number of phenolic OH excluding ortho intramolecular Hbond substituents is 2. The molecule has 8 aromatic rings. The first-order chi connectivity index (χ1) is 34.4. The summed E-state index contributed by atoms with van der Waals surface area (Å²) in [6.45, 7) is 6.51. The normalized spacial score (nSPS) is 17.3. The minimum Gasteiger partial charge on any atom is -0.508 e. The van der Waals surface area contributed by atoms with Gasteiger partial charge in [0.05, 0.1) is 0 Å². The fourth-order valence-electron chi connectivity index (χ4n) is 11.8. The summed E-state index contributed by atoms with van der Waals surface area (Å²) < 4.78 is 39.2. The predicted molar refractivity (Wildman–Crippen MR) is 282 cm³/mol. The first-order valence-corrected chi connectivity index (χ1v) is 25.1. The van der Waals surface area contributed by atoms with Crippen molar-refractivity contribution < 1.29 is 28.5 Å². The van der Waals surface area contributed by atoms with Gasteiger partial charge in [0.1, 0.15) is 28.9 Å². The maximum Gasteiger partial charge on any atom is 0.255 e. The number of ether oxygens (including phenoxy) is 1. The number of anilines is 1. The molecule has 0 bridgehead atoms. The number of carbonyl (C=O) groups is 1. The number of hydrogen-bond donors (Lipinski definition) is 3. The summed E-state index contributed by atoms with van der Waals surface area (Å²) in [5, 5.41) is 24.1. The summed E-state index contributed by atoms with van der Waals surface area (Å²) in [6, 6.07) is 46.3. The Morgan fingerprint density at radius 1 is 0.690 bits per heavy atom. The number of phenols is 2. The topological polar surface area (TPSA) is 78.8 Å². The molecule has 5 nitrogen and oxygen atoms in total. The van der Waals surface area contributed by atoms with Crippen molar-refractivity contribution in [3.05, 3.63) is 208 Å². The van der Waals surface area contributed by atoms with Gasteiger partial charge < -0.3 is 20.3 Å². The zero-order chi connectivity index (χ0) is 49.0. The molecule has 1 fully saturated rings. The van der Waals surface area contributed by atoms with E-state index in [4.69, 9.17) is 4.74 Å². The van der Waals surface area contributed by atoms with Crippen molar-refractivity contribution in [2.24, 2.45) is 5.92 Å². The number of carbonyl (C=O) groups excluding carboxylic acids is 1. The summed E-state index contributed by atoms with van der Waals surface area (Å²) in [7, 11) is 0. The van der Waals surface area contributed by atoms with E-state index in [9.17, 15) is 15.0 Å². The molecule has 0 radical (unpaired) electrons. The summed E-state index contributed by atoms with van der Waals surface area (Å²) in [6.07, 6.45) is 14.6. The van der Waals surface area contributed by atoms with Crippen LogP contribution in [0.5, 0.6) is 17.2 Å². The molecule has 7 heteroatoms. The second-order valence-electron chi connectivity index (χ2n) is 20.4. The summed E-state index contributed by atoms with van der Waals surface area (Å²) in [4.78, 5) is 13.5. The summed E-state index contributed by atoms with van der Waals surface area (Å²) >= 11 is 0. The molecule has 1 heterocycles. The van der Waals surface area contributed by atoms with E-state index in [1.807, 2.05) is 60.7 Å². The van der Waals surface area contributed by atoms with Crippen LogP contribution in [0, 0.1) is 17.6 Å². The van der Waals surface area contributed by atoms with Crippen molar-refractivity contribution in [3.8, 4) is 50.6 Å². The molecule has 356 valence electrons. The second-order valence-corrected chi connectivity index (χ2v) is 20.4. The van der Waals surface area contributed by atoms with E-state index < -0.39 is 22.7 Å². The van der Waals surface area contributed by atoms with E-state index in [2.05, 4.69) is 68.6 Å². The molecule has 0 aromatic heterocycles. The smallest absolute Gasteiger partial charge is 0.255 e. The van der Waals surface area contributed by atoms with Gasteiger partial charge in [-0.2, -0.15) is 0 Å². The average Bonchev–Trinajstić information content (AvgIpc) is 3.62. The van der Waals surface area contributed by atoms with Crippen LogP contribution in [0.2, 0.25) is 0 Å². The van der Waals surface area contributed by atoms with Crippen LogP contribution in [0.3, 0.4) is 0 Å². The lowest BCUT2D eigenvalue weighted by molar-refractivity contribution is 0.102. The van der Waals surface area contributed by atoms with E-state index in [1.165, 1.54) is 63.0 Å². The molecule has 0 spiro atoms. The van der Waals surface area contributed by atoms with Crippen molar-refractivity contribution in [2.45, 2.75) is 89.1 Å². The van der Waals surface area contributed by atoms with Crippen LogP contribution in [0.25, 0.3) is 50.2 Å². The van der Waals surface area contributed by atoms with E-state index in [0.717, 1.165) is 56.5 Å². The van der Waals surface area contributed by atoms with Crippen LogP contribution >= 0.6 is 0 Å². The number of unbranched alkanes of at least 4 members (excludes halogenated alkanes) is 2. The molecular formula is C64H57F2NO4. The summed E-state index contributed by atoms with van der Waals surface area (Å²) in [5.41, 5.74) is 10.3. The lowest BCUT2D eigenvalue weighted by atomic mass is 9.76. The van der Waals surface area contributed by atoms with E-state index in [0.29, 0.717) is 45.0 Å². The van der Waals surface area contributed by atoms with Crippen LogP contribution in [0.15, 0.2) is 158 Å². The zero-order valence-corrected chi connectivity index (χ0v) is 40.4. The van der Waals surface area contributed by atoms with Gasteiger partial charge in [-0.15, -0.1) is 0 Å². The largest absolute Gasteiger partial charge is 0.508 e. The first-order valence-electron chi connectivity index (χ1n) is 25.1. The number of amides is 1. The second kappa shape index (κ2) is 18.3. The Morgan fingerprint density at radius 2 is 1.28 bits per heavy atom. The number of benzene rings is 8. The Labute approximate surface area is 414 Å². The minimum atomic E-state index is -1.27. The Balaban J connectivity index is 0.846. The molecular weight excluding hydrogens is 885 g/mol. The Kier molecular flexibility index (Phi) is 11.9. The first kappa shape index (κ1) is 45.9. The molecule has 2 aliphatic carbocycles. The zero-order valence-electron chi connectivity index (χ0n) is 40.4. The third-order valence-corrected chi connectivity index (χ3v) is 15.6. The van der Waals surface area contributed by atoms with Gasteiger partial charge in [0, 0.05) is 50.2 Å². The number of hydrogen-bond acceptors (Lipinski definition) is 4. The van der Waals surface area contributed by atoms with Gasteiger partial charge in [0.15, 0.2) is 5.60 Å². The van der Waals surface area contributed by atoms with E-state index >= 15 is 8.78 Å². The Bertz CT molecular complexity index is 3290. The molecule has 3 N–H and O–H groups in total. The maximum atomic E-state index is 16.6. The van der Waals surface area contributed by atoms with Crippen LogP contribution in [-0.4, -0.2) is 16.1 Å². The third kappa shape index (κ3) is 8.35. The minimum absolute atomic E-state index is 0.0809. The molecule has 0 atom stereocenters. The molecule has 1 aliphatic heterocycles. The fourth-order valence-corrected chi connectivity index (χ4v) is 11.8. The van der Waals surface area contributed by atoms with Gasteiger partial charge in [-0.25, -0.2) is 8.78 Å². The van der Waals surface area contributed by atoms with Crippen molar-refractivity contribution in [2.75, 3.05) is 5.32 Å². The Morgan fingerprint density at radius 3 is 1.92 bits per heavy atom. The predicted octanol–water partition coefficient (Wildman–Crippen LogP) is 16.6. The molecule has 8 aromatic carbocycles. The monoisotopic (exact) mass is 941 g/mol. The highest BCUT2D eigenvalue weighted by Crippen LogP contribution is 2.59. The molecule has 1 amide bonds. The third-order valence-electron chi connectivity index (χ3n) is 15.6. The molecule has 0 unspecified atom stereocenters. The van der Waals surface area contributed by atoms with Crippen molar-refractivity contribution in [1.82, 2.24) is 0 Å². The van der Waals surface area contributed by atoms with Crippen molar-refractivity contribution >= 4 is 28.4 Å². The molecule has 11 rings (SSSR count). The Hall–Kier alpha value is -7.51. The summed E-state index contributed by atoms with van der Waals surface area (Å²) in [5.74, 6) is 0.411. The van der Waals surface area contributed by atoms with Gasteiger partial charge in [-0.3, -0.25) is 4.79 Å². The lowest BCUT2D eigenvalue weighted by Gasteiger charge is -2.38. The van der Waals surface area contributed by atoms with Gasteiger partial charge in [-0.05, 0) is 154 Å². The fraction of sp³-hybridized carbons (Fsp3) is 0.234. The molecule has 1 saturated carbocycles. The van der Waals surface area contributed by atoms with Crippen LogP contribution in [0.4, 0.5) is 14.5 Å². The standard InChI is InChI=1S/C64H57F2NO4/c1-4-5-6-7-39-8-10-40(11-9-39)41-12-14-42(15-13-41)43-16-18-45(19-17-43)62(70)67-50-27-20-44(21-28-50)46-22-33-56-54(36-46)59-58-55(37-49(65)38-57(58)66)61-53(60(59)63(56,2)3)34-35-64(71-61,47-23-29-51(68)30-24-47)48-25-31-52(69)32-26-48/h12-40,68-69H,4-11H2,1-3H3,(H,67,70). The van der Waals surface area contributed by atoms with E-state index in [1.54, 1.807) is 48.5 Å². The highest BCUT2D eigenvalue weighted by atomic mass is 19.1. The average molecular weight is 942 g/mol. The quantitative estimate of drug-likeness (QED) is 0.113. The molecule has 3 aliphatic rings. The maximum absolute atomic E-state index is 16.6. The molecule has 0 saturated heterocycles. The number of aromatic hydroxyl groups is 2. The van der Waals surface area contributed by atoms with E-state index in [-0.39, 0.29) is 22.8 Å². The number of fused-ring (bicyclic) bond motifs is 8. The van der Waals surface area contributed by atoms with Crippen LogP contribution in [-0.2, 0) is 11.0 Å². The van der Waals surface area contributed by atoms with Gasteiger partial charge in [-0.1, -0.05) is 137 Å². The van der Waals surface area contributed by atoms with Crippen LogP contribution in [0.1, 0.15) is 122 Å². The number of nitrogens with one attached hydrogen (secondary N) is 1. The number of rotatable bonds is 11.